The molecule has 0 unspecified atom stereocenters. The number of hydrogen-bond acceptors (Lipinski definition) is 3. The number of hydrogen-bond donors (Lipinski definition) is 0. The Labute approximate surface area is 164 Å². The number of rotatable bonds is 2. The Morgan fingerprint density at radius 3 is 1.44 bits per heavy atom. The van der Waals surface area contributed by atoms with Crippen molar-refractivity contribution in [2.45, 2.75) is 105 Å². The predicted molar refractivity (Wildman–Crippen MR) is 104 cm³/mol. The maximum atomic E-state index is 6.58. The minimum Gasteiger partial charge on any atom is -0.348 e. The molecule has 2 heterocycles. The van der Waals surface area contributed by atoms with E-state index in [9.17, 15) is 0 Å². The van der Waals surface area contributed by atoms with Crippen LogP contribution in [0.15, 0.2) is 0 Å². The summed E-state index contributed by atoms with van der Waals surface area (Å²) in [6, 6.07) is 0. The molecule has 0 aromatic heterocycles. The van der Waals surface area contributed by atoms with Gasteiger partial charge >= 0.3 is 0 Å². The van der Waals surface area contributed by atoms with Crippen LogP contribution < -0.4 is 0 Å². The molecule has 4 bridgehead atoms. The molecule has 4 saturated carbocycles. The summed E-state index contributed by atoms with van der Waals surface area (Å²) in [6.07, 6.45) is 8.24. The normalized spacial score (nSPS) is 61.6. The average Bonchev–Trinajstić information content (AvgIpc) is 3.33. The van der Waals surface area contributed by atoms with Crippen molar-refractivity contribution in [1.29, 1.82) is 0 Å². The van der Waals surface area contributed by atoms with Crippen molar-refractivity contribution < 1.29 is 14.2 Å². The minimum absolute atomic E-state index is 0.0432. The van der Waals surface area contributed by atoms with E-state index in [1.807, 2.05) is 0 Å². The molecule has 0 aromatic rings. The highest BCUT2D eigenvalue weighted by atomic mass is 16.8. The summed E-state index contributed by atoms with van der Waals surface area (Å²) >= 11 is 0. The van der Waals surface area contributed by atoms with E-state index in [1.54, 1.807) is 0 Å². The monoisotopic (exact) mass is 374 g/mol. The molecule has 0 amide bonds. The Kier molecular flexibility index (Phi) is 3.25. The summed E-state index contributed by atoms with van der Waals surface area (Å²) in [5.41, 5.74) is 1.47. The lowest BCUT2D eigenvalue weighted by Crippen LogP contribution is -2.39. The van der Waals surface area contributed by atoms with Crippen LogP contribution in [0.3, 0.4) is 0 Å². The molecule has 0 radical (unpaired) electrons. The van der Waals surface area contributed by atoms with Crippen LogP contribution in [0, 0.1) is 45.3 Å². The van der Waals surface area contributed by atoms with Crippen molar-refractivity contribution >= 4 is 0 Å². The number of ether oxygens (including phenoxy) is 3. The molecular weight excluding hydrogens is 336 g/mol. The van der Waals surface area contributed by atoms with E-state index in [1.165, 1.54) is 25.7 Å². The van der Waals surface area contributed by atoms with Crippen LogP contribution in [0.1, 0.15) is 80.1 Å². The SMILES string of the molecule is CC1(C)[C@@H]2CC[C@@]1(C)[C@@H]1O[C@H](O[C@@H]3C[C@@H]4[C@@H](O3)[C@]3(C)CC[C@@H]4C3(C)C)C[C@H]21. The zero-order chi connectivity index (χ0) is 19.0. The molecule has 152 valence electrons. The zero-order valence-electron chi connectivity index (χ0n) is 18.1. The van der Waals surface area contributed by atoms with Gasteiger partial charge in [0.25, 0.3) is 0 Å². The van der Waals surface area contributed by atoms with Crippen LogP contribution in [0.4, 0.5) is 0 Å². The average molecular weight is 375 g/mol. The standard InChI is InChI=1S/C24H38O3/c1-21(2)15-7-9-23(21,5)19-13(15)11-17(26-19)25-18-12-14-16-8-10-24(6,20(14)27-18)22(16,3)4/h13-20H,7-12H2,1-6H3/t13-,14+,15-,16+,17-,18-,19+,20+,23-,24-/m0/s1. The van der Waals surface area contributed by atoms with E-state index < -0.39 is 0 Å². The Hall–Kier alpha value is -0.120. The topological polar surface area (TPSA) is 27.7 Å². The largest absolute Gasteiger partial charge is 0.348 e. The highest BCUT2D eigenvalue weighted by Crippen LogP contribution is 2.72. The molecule has 2 aliphatic heterocycles. The second-order valence-electron chi connectivity index (χ2n) is 12.5. The molecule has 6 rings (SSSR count). The van der Waals surface area contributed by atoms with Gasteiger partial charge in [0, 0.05) is 12.8 Å². The molecule has 4 aliphatic carbocycles. The van der Waals surface area contributed by atoms with Gasteiger partial charge in [0.05, 0.1) is 12.2 Å². The van der Waals surface area contributed by atoms with Gasteiger partial charge in [-0.25, -0.2) is 0 Å². The van der Waals surface area contributed by atoms with E-state index in [-0.39, 0.29) is 12.6 Å². The zero-order valence-corrected chi connectivity index (χ0v) is 18.1. The third kappa shape index (κ3) is 1.83. The first-order chi connectivity index (χ1) is 12.6. The third-order valence-electron chi connectivity index (χ3n) is 11.6. The van der Waals surface area contributed by atoms with Gasteiger partial charge in [0.15, 0.2) is 12.6 Å². The lowest BCUT2D eigenvalue weighted by atomic mass is 9.70. The molecule has 10 atom stereocenters. The lowest BCUT2D eigenvalue weighted by Gasteiger charge is -2.39. The first kappa shape index (κ1) is 17.7. The van der Waals surface area contributed by atoms with Gasteiger partial charge in [-0.05, 0) is 71.0 Å². The molecule has 6 aliphatic rings. The van der Waals surface area contributed by atoms with E-state index in [0.717, 1.165) is 24.7 Å². The van der Waals surface area contributed by atoms with Crippen molar-refractivity contribution in [2.75, 3.05) is 0 Å². The molecule has 6 fully saturated rings. The molecule has 27 heavy (non-hydrogen) atoms. The molecule has 3 nitrogen and oxygen atoms in total. The van der Waals surface area contributed by atoms with Crippen LogP contribution in [-0.4, -0.2) is 24.8 Å². The Morgan fingerprint density at radius 2 is 1.07 bits per heavy atom. The van der Waals surface area contributed by atoms with Gasteiger partial charge in [-0.15, -0.1) is 0 Å². The second kappa shape index (κ2) is 4.95. The fourth-order valence-electron chi connectivity index (χ4n) is 9.31. The molecule has 3 heteroatoms. The maximum Gasteiger partial charge on any atom is 0.161 e. The summed E-state index contributed by atoms with van der Waals surface area (Å²) in [7, 11) is 0. The summed E-state index contributed by atoms with van der Waals surface area (Å²) in [5.74, 6) is 3.00. The number of fused-ring (bicyclic) bond motifs is 10. The van der Waals surface area contributed by atoms with Gasteiger partial charge in [0.1, 0.15) is 0 Å². The van der Waals surface area contributed by atoms with E-state index in [0.29, 0.717) is 45.7 Å². The molecule has 2 saturated heterocycles. The van der Waals surface area contributed by atoms with Crippen LogP contribution in [0.25, 0.3) is 0 Å². The van der Waals surface area contributed by atoms with Crippen LogP contribution in [0.5, 0.6) is 0 Å². The summed E-state index contributed by atoms with van der Waals surface area (Å²) < 4.78 is 19.6. The summed E-state index contributed by atoms with van der Waals surface area (Å²) in [4.78, 5) is 0. The van der Waals surface area contributed by atoms with Crippen LogP contribution >= 0.6 is 0 Å². The van der Waals surface area contributed by atoms with Crippen molar-refractivity contribution in [3.05, 3.63) is 0 Å². The van der Waals surface area contributed by atoms with Crippen LogP contribution in [-0.2, 0) is 14.2 Å². The van der Waals surface area contributed by atoms with Gasteiger partial charge in [-0.2, -0.15) is 0 Å². The fourth-order valence-corrected chi connectivity index (χ4v) is 9.31. The molecule has 0 spiro atoms. The van der Waals surface area contributed by atoms with Crippen molar-refractivity contribution in [3.63, 3.8) is 0 Å². The van der Waals surface area contributed by atoms with Crippen LogP contribution in [0.2, 0.25) is 0 Å². The van der Waals surface area contributed by atoms with Crippen molar-refractivity contribution in [1.82, 2.24) is 0 Å². The van der Waals surface area contributed by atoms with E-state index in [4.69, 9.17) is 14.2 Å². The van der Waals surface area contributed by atoms with E-state index >= 15 is 0 Å². The third-order valence-corrected chi connectivity index (χ3v) is 11.6. The highest BCUT2D eigenvalue weighted by Gasteiger charge is 2.71. The van der Waals surface area contributed by atoms with Gasteiger partial charge < -0.3 is 14.2 Å². The quantitative estimate of drug-likeness (QED) is 0.650. The second-order valence-corrected chi connectivity index (χ2v) is 12.5. The smallest absolute Gasteiger partial charge is 0.161 e. The maximum absolute atomic E-state index is 6.58. The van der Waals surface area contributed by atoms with E-state index in [2.05, 4.69) is 41.5 Å². The Bertz CT molecular complexity index is 615. The minimum atomic E-state index is -0.0432. The Balaban J connectivity index is 1.15. The molecule has 0 N–H and O–H groups in total. The van der Waals surface area contributed by atoms with Crippen molar-refractivity contribution in [2.24, 2.45) is 45.3 Å². The first-order valence-corrected chi connectivity index (χ1v) is 11.6. The van der Waals surface area contributed by atoms with Gasteiger partial charge in [-0.1, -0.05) is 41.5 Å². The predicted octanol–water partition coefficient (Wildman–Crippen LogP) is 5.38. The molecular formula is C24H38O3. The summed E-state index contributed by atoms with van der Waals surface area (Å²) in [6.45, 7) is 14.8. The van der Waals surface area contributed by atoms with Crippen molar-refractivity contribution in [3.8, 4) is 0 Å². The lowest BCUT2D eigenvalue weighted by molar-refractivity contribution is -0.252. The first-order valence-electron chi connectivity index (χ1n) is 11.6. The van der Waals surface area contributed by atoms with Gasteiger partial charge in [-0.3, -0.25) is 0 Å². The highest BCUT2D eigenvalue weighted by molar-refractivity contribution is 5.18. The molecule has 0 aromatic carbocycles. The fraction of sp³-hybridized carbons (Fsp3) is 1.00. The van der Waals surface area contributed by atoms with Gasteiger partial charge in [0.2, 0.25) is 0 Å². The summed E-state index contributed by atoms with van der Waals surface area (Å²) in [5, 5.41) is 0. The Morgan fingerprint density at radius 1 is 0.667 bits per heavy atom.